The number of nitrogens with zero attached hydrogens (tertiary/aromatic N) is 3. The van der Waals surface area contributed by atoms with Gasteiger partial charge < -0.3 is 4.74 Å². The van der Waals surface area contributed by atoms with Crippen molar-refractivity contribution in [1.82, 2.24) is 15.1 Å². The number of thiophene rings is 1. The zero-order valence-electron chi connectivity index (χ0n) is 15.5. The summed E-state index contributed by atoms with van der Waals surface area (Å²) in [6.07, 6.45) is 0.834. The molecule has 0 spiro atoms. The van der Waals surface area contributed by atoms with E-state index in [1.54, 1.807) is 0 Å². The van der Waals surface area contributed by atoms with Gasteiger partial charge in [0.05, 0.1) is 6.54 Å². The third-order valence-corrected chi connectivity index (χ3v) is 6.83. The van der Waals surface area contributed by atoms with Crippen molar-refractivity contribution in [3.63, 3.8) is 0 Å². The summed E-state index contributed by atoms with van der Waals surface area (Å²) in [5.41, 5.74) is 2.06. The molecule has 1 aromatic carbocycles. The van der Waals surface area contributed by atoms with Gasteiger partial charge in [0.2, 0.25) is 11.0 Å². The Bertz CT molecular complexity index is 1050. The second-order valence-corrected chi connectivity index (χ2v) is 9.53. The fourth-order valence-corrected chi connectivity index (χ4v) is 5.12. The molecule has 4 rings (SSSR count). The maximum absolute atomic E-state index is 12.4. The van der Waals surface area contributed by atoms with Crippen molar-refractivity contribution in [2.45, 2.75) is 19.9 Å². The smallest absolute Gasteiger partial charge is 0.308 e. The average molecular weight is 493 g/mol. The van der Waals surface area contributed by atoms with Crippen LogP contribution in [0.3, 0.4) is 0 Å². The Labute approximate surface area is 183 Å². The number of aromatic nitrogens is 2. The summed E-state index contributed by atoms with van der Waals surface area (Å²) in [6.45, 7) is 3.10. The van der Waals surface area contributed by atoms with E-state index in [0.29, 0.717) is 16.7 Å². The molecule has 2 aromatic heterocycles. The summed E-state index contributed by atoms with van der Waals surface area (Å²) in [4.78, 5) is 26.8. The molecule has 0 unspecified atom stereocenters. The quantitative estimate of drug-likeness (QED) is 0.542. The summed E-state index contributed by atoms with van der Waals surface area (Å²) in [7, 11) is 0. The molecule has 1 N–H and O–H groups in total. The van der Waals surface area contributed by atoms with Crippen molar-refractivity contribution >= 4 is 55.6 Å². The molecule has 10 heteroatoms. The third kappa shape index (κ3) is 5.08. The molecular formula is C19H17BrN4O3S2. The fourth-order valence-electron chi connectivity index (χ4n) is 3.04. The lowest BCUT2D eigenvalue weighted by Gasteiger charge is -2.25. The predicted octanol–water partition coefficient (Wildman–Crippen LogP) is 3.95. The summed E-state index contributed by atoms with van der Waals surface area (Å²) >= 11 is 6.25. The molecule has 1 amide bonds. The molecule has 7 nitrogen and oxygen atoms in total. The van der Waals surface area contributed by atoms with Crippen LogP contribution in [0.25, 0.3) is 10.6 Å². The first kappa shape index (κ1) is 20.1. The van der Waals surface area contributed by atoms with E-state index in [2.05, 4.69) is 36.3 Å². The highest BCUT2D eigenvalue weighted by Gasteiger charge is 2.22. The molecule has 0 radical (unpaired) electrons. The summed E-state index contributed by atoms with van der Waals surface area (Å²) in [5.74, 6) is -0.443. The predicted molar refractivity (Wildman–Crippen MR) is 116 cm³/mol. The number of fused-ring (bicyclic) bond motifs is 1. The van der Waals surface area contributed by atoms with E-state index in [-0.39, 0.29) is 18.4 Å². The molecule has 0 saturated heterocycles. The van der Waals surface area contributed by atoms with Crippen LogP contribution in [-0.4, -0.2) is 40.1 Å². The Kier molecular flexibility index (Phi) is 6.04. The lowest BCUT2D eigenvalue weighted by molar-refractivity contribution is -0.131. The summed E-state index contributed by atoms with van der Waals surface area (Å²) in [6, 6.07) is 9.67. The van der Waals surface area contributed by atoms with E-state index < -0.39 is 0 Å². The van der Waals surface area contributed by atoms with Crippen molar-refractivity contribution in [3.8, 4) is 15.6 Å². The average Bonchev–Trinajstić information content (AvgIpc) is 3.27. The SMILES string of the molecule is CC(=O)Oc1cc2c(s1)CCN(CC(=O)Nc1nnc(-c3ccc(Br)cc3)s1)C2. The van der Waals surface area contributed by atoms with E-state index >= 15 is 0 Å². The van der Waals surface area contributed by atoms with Gasteiger partial charge in [0.1, 0.15) is 5.01 Å². The number of hydrogen-bond donors (Lipinski definition) is 1. The minimum Gasteiger partial charge on any atom is -0.416 e. The van der Waals surface area contributed by atoms with Gasteiger partial charge in [0.25, 0.3) is 0 Å². The molecule has 3 heterocycles. The largest absolute Gasteiger partial charge is 0.416 e. The zero-order valence-corrected chi connectivity index (χ0v) is 18.7. The minimum atomic E-state index is -0.320. The Morgan fingerprint density at radius 2 is 2.03 bits per heavy atom. The maximum atomic E-state index is 12.4. The topological polar surface area (TPSA) is 84.4 Å². The molecule has 1 aliphatic rings. The highest BCUT2D eigenvalue weighted by atomic mass is 79.9. The molecule has 0 bridgehead atoms. The van der Waals surface area contributed by atoms with Crippen LogP contribution in [0.1, 0.15) is 17.4 Å². The number of esters is 1. The molecule has 0 fully saturated rings. The van der Waals surface area contributed by atoms with Crippen LogP contribution < -0.4 is 10.1 Å². The van der Waals surface area contributed by atoms with Crippen LogP contribution in [0.2, 0.25) is 0 Å². The third-order valence-electron chi connectivity index (χ3n) is 4.30. The van der Waals surface area contributed by atoms with Gasteiger partial charge in [0.15, 0.2) is 5.06 Å². The van der Waals surface area contributed by atoms with Gasteiger partial charge in [0, 0.05) is 34.9 Å². The number of amides is 1. The van der Waals surface area contributed by atoms with Gasteiger partial charge in [-0.05, 0) is 30.2 Å². The van der Waals surface area contributed by atoms with E-state index in [0.717, 1.165) is 33.6 Å². The van der Waals surface area contributed by atoms with Crippen molar-refractivity contribution < 1.29 is 14.3 Å². The number of ether oxygens (including phenoxy) is 1. The van der Waals surface area contributed by atoms with Crippen LogP contribution in [0.15, 0.2) is 34.8 Å². The molecular weight excluding hydrogens is 476 g/mol. The zero-order chi connectivity index (χ0) is 20.4. The van der Waals surface area contributed by atoms with E-state index in [4.69, 9.17) is 4.74 Å². The molecule has 0 saturated carbocycles. The normalized spacial score (nSPS) is 13.7. The number of carbonyl (C=O) groups is 2. The molecule has 3 aromatic rings. The molecule has 0 atom stereocenters. The first-order valence-corrected chi connectivity index (χ1v) is 11.3. The fraction of sp³-hybridized carbons (Fsp3) is 0.263. The highest BCUT2D eigenvalue weighted by Crippen LogP contribution is 2.33. The molecule has 1 aliphatic heterocycles. The molecule has 150 valence electrons. The van der Waals surface area contributed by atoms with Crippen molar-refractivity contribution in [3.05, 3.63) is 45.2 Å². The number of rotatable bonds is 5. The number of carbonyl (C=O) groups excluding carboxylic acids is 2. The second-order valence-electron chi connectivity index (χ2n) is 6.54. The monoisotopic (exact) mass is 492 g/mol. The van der Waals surface area contributed by atoms with E-state index in [1.807, 2.05) is 30.3 Å². The van der Waals surface area contributed by atoms with Gasteiger partial charge >= 0.3 is 5.97 Å². The molecule has 29 heavy (non-hydrogen) atoms. The van der Waals surface area contributed by atoms with E-state index in [9.17, 15) is 9.59 Å². The second kappa shape index (κ2) is 8.70. The first-order chi connectivity index (χ1) is 14.0. The minimum absolute atomic E-state index is 0.123. The number of nitrogens with one attached hydrogen (secondary N) is 1. The molecule has 0 aliphatic carbocycles. The van der Waals surface area contributed by atoms with Gasteiger partial charge in [-0.2, -0.15) is 0 Å². The number of anilines is 1. The summed E-state index contributed by atoms with van der Waals surface area (Å²) < 4.78 is 6.17. The van der Waals surface area contributed by atoms with Gasteiger partial charge in [-0.15, -0.1) is 21.5 Å². The number of hydrogen-bond acceptors (Lipinski definition) is 8. The Balaban J connectivity index is 1.34. The van der Waals surface area contributed by atoms with Crippen molar-refractivity contribution in [1.29, 1.82) is 0 Å². The lowest BCUT2D eigenvalue weighted by Crippen LogP contribution is -2.36. The Morgan fingerprint density at radius 3 is 2.79 bits per heavy atom. The Morgan fingerprint density at radius 1 is 1.24 bits per heavy atom. The first-order valence-electron chi connectivity index (χ1n) is 8.88. The van der Waals surface area contributed by atoms with Gasteiger partial charge in [-0.25, -0.2) is 0 Å². The lowest BCUT2D eigenvalue weighted by atomic mass is 10.1. The Hall–Kier alpha value is -2.14. The van der Waals surface area contributed by atoms with Crippen LogP contribution in [0, 0.1) is 0 Å². The number of halogens is 1. The van der Waals surface area contributed by atoms with E-state index in [1.165, 1.54) is 34.5 Å². The van der Waals surface area contributed by atoms with Crippen LogP contribution in [0.5, 0.6) is 5.06 Å². The standard InChI is InChI=1S/C19H17BrN4O3S2/c1-11(25)27-17-8-13-9-24(7-6-15(13)28-17)10-16(26)21-19-23-22-18(29-19)12-2-4-14(20)5-3-12/h2-5,8H,6-7,9-10H2,1H3,(H,21,23,26). The maximum Gasteiger partial charge on any atom is 0.308 e. The summed E-state index contributed by atoms with van der Waals surface area (Å²) in [5, 5.41) is 12.9. The van der Waals surface area contributed by atoms with Crippen LogP contribution in [0.4, 0.5) is 5.13 Å². The van der Waals surface area contributed by atoms with Crippen LogP contribution in [-0.2, 0) is 22.6 Å². The van der Waals surface area contributed by atoms with Gasteiger partial charge in [-0.3, -0.25) is 19.8 Å². The number of benzene rings is 1. The van der Waals surface area contributed by atoms with Crippen molar-refractivity contribution in [2.24, 2.45) is 0 Å². The highest BCUT2D eigenvalue weighted by molar-refractivity contribution is 9.10. The van der Waals surface area contributed by atoms with Crippen LogP contribution >= 0.6 is 38.6 Å². The van der Waals surface area contributed by atoms with Gasteiger partial charge in [-0.1, -0.05) is 39.4 Å². The van der Waals surface area contributed by atoms with Crippen molar-refractivity contribution in [2.75, 3.05) is 18.4 Å².